The third-order valence-electron chi connectivity index (χ3n) is 4.79. The van der Waals surface area contributed by atoms with Crippen LogP contribution in [-0.2, 0) is 14.8 Å². The van der Waals surface area contributed by atoms with Gasteiger partial charge in [-0.1, -0.05) is 18.6 Å². The van der Waals surface area contributed by atoms with E-state index in [0.717, 1.165) is 24.2 Å². The second-order valence-electron chi connectivity index (χ2n) is 6.69. The molecule has 0 bridgehead atoms. The van der Waals surface area contributed by atoms with Crippen LogP contribution < -0.4 is 0 Å². The molecule has 0 atom stereocenters. The van der Waals surface area contributed by atoms with Crippen molar-refractivity contribution < 1.29 is 22.7 Å². The summed E-state index contributed by atoms with van der Waals surface area (Å²) in [7, 11) is -3.54. The predicted octanol–water partition coefficient (Wildman–Crippen LogP) is 3.62. The molecule has 0 aliphatic carbocycles. The molecule has 0 radical (unpaired) electrons. The number of sulfonamides is 1. The fraction of sp³-hybridized carbons (Fsp3) is 0.333. The number of piperidine rings is 1. The Labute approximate surface area is 175 Å². The van der Waals surface area contributed by atoms with Gasteiger partial charge in [-0.05, 0) is 55.5 Å². The number of thioether (sulfide) groups is 1. The lowest BCUT2D eigenvalue weighted by molar-refractivity contribution is 0.0471. The van der Waals surface area contributed by atoms with E-state index in [4.69, 9.17) is 4.74 Å². The monoisotopic (exact) mass is 433 g/mol. The quantitative estimate of drug-likeness (QED) is 0.377. The van der Waals surface area contributed by atoms with E-state index in [2.05, 4.69) is 0 Å². The van der Waals surface area contributed by atoms with Gasteiger partial charge in [0.25, 0.3) is 0 Å². The fourth-order valence-corrected chi connectivity index (χ4v) is 5.28. The Bertz CT molecular complexity index is 980. The average Bonchev–Trinajstić information content (AvgIpc) is 2.77. The van der Waals surface area contributed by atoms with E-state index < -0.39 is 22.6 Å². The number of esters is 1. The molecule has 1 aliphatic heterocycles. The van der Waals surface area contributed by atoms with E-state index in [9.17, 15) is 18.0 Å². The predicted molar refractivity (Wildman–Crippen MR) is 112 cm³/mol. The van der Waals surface area contributed by atoms with Gasteiger partial charge >= 0.3 is 5.97 Å². The van der Waals surface area contributed by atoms with Gasteiger partial charge in [-0.25, -0.2) is 13.2 Å². The molecule has 6 nitrogen and oxygen atoms in total. The molecule has 0 aromatic heterocycles. The van der Waals surface area contributed by atoms with Crippen LogP contribution in [-0.4, -0.2) is 50.4 Å². The molecule has 1 fully saturated rings. The normalized spacial score (nSPS) is 15.1. The van der Waals surface area contributed by atoms with Crippen LogP contribution in [0, 0.1) is 0 Å². The molecular weight excluding hydrogens is 410 g/mol. The molecule has 0 spiro atoms. The van der Waals surface area contributed by atoms with Crippen LogP contribution in [0.5, 0.6) is 0 Å². The number of benzene rings is 2. The number of rotatable bonds is 7. The lowest BCUT2D eigenvalue weighted by Gasteiger charge is -2.25. The van der Waals surface area contributed by atoms with Crippen molar-refractivity contribution >= 4 is 33.5 Å². The zero-order chi connectivity index (χ0) is 20.9. The summed E-state index contributed by atoms with van der Waals surface area (Å²) in [4.78, 5) is 25.5. The molecule has 0 unspecified atom stereocenters. The summed E-state index contributed by atoms with van der Waals surface area (Å²) in [6.07, 6.45) is 4.62. The van der Waals surface area contributed by atoms with E-state index in [1.807, 2.05) is 18.4 Å². The van der Waals surface area contributed by atoms with Crippen molar-refractivity contribution in [2.45, 2.75) is 29.1 Å². The van der Waals surface area contributed by atoms with Crippen LogP contribution in [0.3, 0.4) is 0 Å². The van der Waals surface area contributed by atoms with Gasteiger partial charge in [-0.2, -0.15) is 4.31 Å². The third kappa shape index (κ3) is 5.07. The smallest absolute Gasteiger partial charge is 0.339 e. The number of hydrogen-bond donors (Lipinski definition) is 0. The summed E-state index contributed by atoms with van der Waals surface area (Å²) < 4.78 is 32.0. The summed E-state index contributed by atoms with van der Waals surface area (Å²) in [6.45, 7) is 0.646. The highest BCUT2D eigenvalue weighted by Crippen LogP contribution is 2.22. The Kier molecular flexibility index (Phi) is 7.10. The summed E-state index contributed by atoms with van der Waals surface area (Å²) in [6, 6.07) is 12.8. The lowest BCUT2D eigenvalue weighted by Crippen LogP contribution is -2.35. The van der Waals surface area contributed by atoms with Gasteiger partial charge in [0.15, 0.2) is 12.4 Å². The molecule has 0 amide bonds. The zero-order valence-corrected chi connectivity index (χ0v) is 17.8. The van der Waals surface area contributed by atoms with Crippen molar-refractivity contribution in [3.8, 4) is 0 Å². The molecule has 0 N–H and O–H groups in total. The molecule has 3 rings (SSSR count). The number of carbonyl (C=O) groups is 2. The summed E-state index contributed by atoms with van der Waals surface area (Å²) in [5, 5.41) is 0. The van der Waals surface area contributed by atoms with Gasteiger partial charge in [0.05, 0.1) is 10.5 Å². The first-order valence-corrected chi connectivity index (χ1v) is 12.0. The number of nitrogens with zero attached hydrogens (tertiary/aromatic N) is 1. The first-order valence-electron chi connectivity index (χ1n) is 9.37. The van der Waals surface area contributed by atoms with Crippen molar-refractivity contribution in [2.75, 3.05) is 26.0 Å². The first kappa shape index (κ1) is 21.5. The molecule has 154 valence electrons. The Morgan fingerprint density at radius 1 is 1.00 bits per heavy atom. The summed E-state index contributed by atoms with van der Waals surface area (Å²) in [5.41, 5.74) is 0.712. The highest BCUT2D eigenvalue weighted by molar-refractivity contribution is 7.98. The molecule has 0 saturated carbocycles. The minimum Gasteiger partial charge on any atom is -0.454 e. The van der Waals surface area contributed by atoms with Crippen LogP contribution in [0.15, 0.2) is 58.3 Å². The van der Waals surface area contributed by atoms with E-state index in [1.165, 1.54) is 40.3 Å². The minimum atomic E-state index is -3.54. The topological polar surface area (TPSA) is 80.8 Å². The number of carbonyl (C=O) groups excluding carboxylic acids is 2. The van der Waals surface area contributed by atoms with Gasteiger partial charge in [0.2, 0.25) is 10.0 Å². The van der Waals surface area contributed by atoms with E-state index in [1.54, 1.807) is 12.1 Å². The highest BCUT2D eigenvalue weighted by atomic mass is 32.2. The lowest BCUT2D eigenvalue weighted by atomic mass is 10.1. The number of ether oxygens (including phenoxy) is 1. The van der Waals surface area contributed by atoms with Crippen molar-refractivity contribution in [3.63, 3.8) is 0 Å². The molecule has 29 heavy (non-hydrogen) atoms. The van der Waals surface area contributed by atoms with Crippen LogP contribution in [0.4, 0.5) is 0 Å². The van der Waals surface area contributed by atoms with Gasteiger partial charge < -0.3 is 4.74 Å². The Morgan fingerprint density at radius 2 is 1.66 bits per heavy atom. The standard InChI is InChI=1S/C21H23NO5S2/c1-28-20-8-4-3-7-18(20)21(24)27-15-19(23)16-9-11-17(12-10-16)29(25,26)22-13-5-2-6-14-22/h3-4,7-12H,2,5-6,13-15H2,1H3. The zero-order valence-electron chi connectivity index (χ0n) is 16.2. The average molecular weight is 434 g/mol. The first-order chi connectivity index (χ1) is 13.9. The second kappa shape index (κ2) is 9.56. The Hall–Kier alpha value is -2.16. The highest BCUT2D eigenvalue weighted by Gasteiger charge is 2.26. The maximum absolute atomic E-state index is 12.7. The summed E-state index contributed by atoms with van der Waals surface area (Å²) >= 11 is 1.42. The largest absolute Gasteiger partial charge is 0.454 e. The Balaban J connectivity index is 1.64. The molecule has 1 heterocycles. The van der Waals surface area contributed by atoms with Gasteiger partial charge in [-0.15, -0.1) is 11.8 Å². The molecule has 2 aromatic carbocycles. The van der Waals surface area contributed by atoms with Crippen LogP contribution in [0.25, 0.3) is 0 Å². The molecular formula is C21H23NO5S2. The van der Waals surface area contributed by atoms with Crippen molar-refractivity contribution in [2.24, 2.45) is 0 Å². The van der Waals surface area contributed by atoms with E-state index >= 15 is 0 Å². The second-order valence-corrected chi connectivity index (χ2v) is 9.47. The van der Waals surface area contributed by atoms with Crippen LogP contribution in [0.2, 0.25) is 0 Å². The van der Waals surface area contributed by atoms with E-state index in [0.29, 0.717) is 24.2 Å². The molecule has 1 saturated heterocycles. The SMILES string of the molecule is CSc1ccccc1C(=O)OCC(=O)c1ccc(S(=O)(=O)N2CCCCC2)cc1. The third-order valence-corrected chi connectivity index (χ3v) is 7.50. The van der Waals surface area contributed by atoms with Crippen molar-refractivity contribution in [1.82, 2.24) is 4.31 Å². The van der Waals surface area contributed by atoms with Crippen molar-refractivity contribution in [1.29, 1.82) is 0 Å². The van der Waals surface area contributed by atoms with Crippen molar-refractivity contribution in [3.05, 3.63) is 59.7 Å². The fourth-order valence-electron chi connectivity index (χ4n) is 3.17. The van der Waals surface area contributed by atoms with E-state index in [-0.39, 0.29) is 10.7 Å². The van der Waals surface area contributed by atoms with Gasteiger partial charge in [-0.3, -0.25) is 4.79 Å². The number of hydrogen-bond acceptors (Lipinski definition) is 6. The maximum Gasteiger partial charge on any atom is 0.339 e. The minimum absolute atomic E-state index is 0.168. The van der Waals surface area contributed by atoms with Gasteiger partial charge in [0, 0.05) is 23.5 Å². The van der Waals surface area contributed by atoms with Crippen LogP contribution in [0.1, 0.15) is 40.0 Å². The van der Waals surface area contributed by atoms with Crippen LogP contribution >= 0.6 is 11.8 Å². The molecule has 1 aliphatic rings. The summed E-state index contributed by atoms with van der Waals surface area (Å²) in [5.74, 6) is -0.950. The Morgan fingerprint density at radius 3 is 2.31 bits per heavy atom. The van der Waals surface area contributed by atoms with Gasteiger partial charge in [0.1, 0.15) is 0 Å². The molecule has 2 aromatic rings. The molecule has 8 heteroatoms. The maximum atomic E-state index is 12.7. The number of ketones is 1. The number of Topliss-reactive ketones (excluding diaryl/α,β-unsaturated/α-hetero) is 1.